The van der Waals surface area contributed by atoms with E-state index in [2.05, 4.69) is 4.72 Å². The van der Waals surface area contributed by atoms with Gasteiger partial charge in [-0.2, -0.15) is 0 Å². The number of nitrogens with two attached hydrogens (primary N) is 1. The predicted octanol–water partition coefficient (Wildman–Crippen LogP) is 1.64. The van der Waals surface area contributed by atoms with E-state index in [1.165, 1.54) is 19.5 Å². The van der Waals surface area contributed by atoms with E-state index in [1.807, 2.05) is 0 Å². The van der Waals surface area contributed by atoms with Gasteiger partial charge in [0.15, 0.2) is 0 Å². The standard InChI is InChI=1S/C14H22N2O3S/c1-16-20(17,18)13-8-4-3-7-12(13)19-11-14(15)9-5-2-6-10-14/h3-4,7-8,16H,2,5-6,9-11,15H2,1H3. The van der Waals surface area contributed by atoms with Gasteiger partial charge in [-0.3, -0.25) is 0 Å². The zero-order valence-corrected chi connectivity index (χ0v) is 12.6. The van der Waals surface area contributed by atoms with Crippen LogP contribution in [0.15, 0.2) is 29.2 Å². The summed E-state index contributed by atoms with van der Waals surface area (Å²) < 4.78 is 31.9. The van der Waals surface area contributed by atoms with E-state index >= 15 is 0 Å². The van der Waals surface area contributed by atoms with Crippen LogP contribution < -0.4 is 15.2 Å². The Labute approximate surface area is 120 Å². The highest BCUT2D eigenvalue weighted by molar-refractivity contribution is 7.89. The molecule has 0 spiro atoms. The van der Waals surface area contributed by atoms with Crippen LogP contribution in [0.5, 0.6) is 5.75 Å². The van der Waals surface area contributed by atoms with Crippen molar-refractivity contribution in [2.24, 2.45) is 5.73 Å². The highest BCUT2D eigenvalue weighted by atomic mass is 32.2. The number of nitrogens with one attached hydrogen (secondary N) is 1. The first kappa shape index (κ1) is 15.3. The van der Waals surface area contributed by atoms with E-state index in [9.17, 15) is 8.42 Å². The van der Waals surface area contributed by atoms with Gasteiger partial charge in [0.05, 0.1) is 5.54 Å². The lowest BCUT2D eigenvalue weighted by Crippen LogP contribution is -2.47. The van der Waals surface area contributed by atoms with Gasteiger partial charge < -0.3 is 10.5 Å². The Morgan fingerprint density at radius 3 is 2.55 bits per heavy atom. The van der Waals surface area contributed by atoms with Gasteiger partial charge in [0.25, 0.3) is 0 Å². The van der Waals surface area contributed by atoms with Crippen LogP contribution in [0.25, 0.3) is 0 Å². The molecule has 0 heterocycles. The topological polar surface area (TPSA) is 81.4 Å². The summed E-state index contributed by atoms with van der Waals surface area (Å²) >= 11 is 0. The van der Waals surface area contributed by atoms with Gasteiger partial charge in [0.1, 0.15) is 17.3 Å². The molecule has 6 heteroatoms. The average molecular weight is 298 g/mol. The number of ether oxygens (including phenoxy) is 1. The van der Waals surface area contributed by atoms with Gasteiger partial charge in [-0.15, -0.1) is 0 Å². The van der Waals surface area contributed by atoms with Crippen LogP contribution in [0, 0.1) is 0 Å². The molecule has 2 rings (SSSR count). The van der Waals surface area contributed by atoms with Gasteiger partial charge in [-0.05, 0) is 32.0 Å². The van der Waals surface area contributed by atoms with E-state index in [1.54, 1.807) is 18.2 Å². The summed E-state index contributed by atoms with van der Waals surface area (Å²) in [7, 11) is -2.13. The van der Waals surface area contributed by atoms with Crippen LogP contribution in [0.1, 0.15) is 32.1 Å². The summed E-state index contributed by atoms with van der Waals surface area (Å²) in [6.07, 6.45) is 5.28. The van der Waals surface area contributed by atoms with Crippen LogP contribution >= 0.6 is 0 Å². The first-order chi connectivity index (χ1) is 9.47. The summed E-state index contributed by atoms with van der Waals surface area (Å²) in [4.78, 5) is 0.155. The molecule has 1 fully saturated rings. The molecule has 0 radical (unpaired) electrons. The molecule has 0 atom stereocenters. The Morgan fingerprint density at radius 1 is 1.25 bits per heavy atom. The van der Waals surface area contributed by atoms with E-state index < -0.39 is 10.0 Å². The second-order valence-corrected chi connectivity index (χ2v) is 7.22. The fourth-order valence-corrected chi connectivity index (χ4v) is 3.39. The molecular weight excluding hydrogens is 276 g/mol. The first-order valence-electron chi connectivity index (χ1n) is 6.91. The predicted molar refractivity (Wildman–Crippen MR) is 78.2 cm³/mol. The number of para-hydroxylation sites is 1. The third-order valence-electron chi connectivity index (χ3n) is 3.77. The molecule has 20 heavy (non-hydrogen) atoms. The van der Waals surface area contributed by atoms with Crippen molar-refractivity contribution in [2.75, 3.05) is 13.7 Å². The zero-order valence-electron chi connectivity index (χ0n) is 11.8. The van der Waals surface area contributed by atoms with Gasteiger partial charge in [-0.1, -0.05) is 31.4 Å². The van der Waals surface area contributed by atoms with E-state index in [0.717, 1.165) is 25.7 Å². The quantitative estimate of drug-likeness (QED) is 0.866. The maximum Gasteiger partial charge on any atom is 0.243 e. The molecular formula is C14H22N2O3S. The Bertz CT molecular complexity index is 551. The molecule has 1 aromatic rings. The third kappa shape index (κ3) is 3.50. The normalized spacial score (nSPS) is 18.7. The molecule has 0 amide bonds. The van der Waals surface area contributed by atoms with Crippen LogP contribution in [-0.4, -0.2) is 27.6 Å². The van der Waals surface area contributed by atoms with Crippen molar-refractivity contribution >= 4 is 10.0 Å². The van der Waals surface area contributed by atoms with E-state index in [-0.39, 0.29) is 10.4 Å². The van der Waals surface area contributed by atoms with Crippen molar-refractivity contribution in [3.63, 3.8) is 0 Å². The Balaban J connectivity index is 2.14. The number of rotatable bonds is 5. The van der Waals surface area contributed by atoms with Gasteiger partial charge >= 0.3 is 0 Å². The summed E-state index contributed by atoms with van der Waals surface area (Å²) in [6, 6.07) is 6.63. The van der Waals surface area contributed by atoms with Crippen molar-refractivity contribution < 1.29 is 13.2 Å². The van der Waals surface area contributed by atoms with Gasteiger partial charge in [0, 0.05) is 0 Å². The second kappa shape index (κ2) is 6.11. The van der Waals surface area contributed by atoms with Gasteiger partial charge in [0.2, 0.25) is 10.0 Å². The third-order valence-corrected chi connectivity index (χ3v) is 5.23. The van der Waals surface area contributed by atoms with E-state index in [4.69, 9.17) is 10.5 Å². The largest absolute Gasteiger partial charge is 0.490 e. The molecule has 1 aromatic carbocycles. The smallest absolute Gasteiger partial charge is 0.243 e. The molecule has 3 N–H and O–H groups in total. The van der Waals surface area contributed by atoms with Crippen LogP contribution in [0.3, 0.4) is 0 Å². The van der Waals surface area contributed by atoms with Gasteiger partial charge in [-0.25, -0.2) is 13.1 Å². The lowest BCUT2D eigenvalue weighted by molar-refractivity contribution is 0.170. The summed E-state index contributed by atoms with van der Waals surface area (Å²) in [6.45, 7) is 0.350. The molecule has 1 aliphatic carbocycles. The van der Waals surface area contributed by atoms with Crippen molar-refractivity contribution in [2.45, 2.75) is 42.5 Å². The maximum absolute atomic E-state index is 11.9. The molecule has 112 valence electrons. The Morgan fingerprint density at radius 2 is 1.90 bits per heavy atom. The molecule has 5 nitrogen and oxygen atoms in total. The van der Waals surface area contributed by atoms with E-state index in [0.29, 0.717) is 12.4 Å². The fraction of sp³-hybridized carbons (Fsp3) is 0.571. The van der Waals surface area contributed by atoms with Crippen LogP contribution in [-0.2, 0) is 10.0 Å². The van der Waals surface area contributed by atoms with Crippen molar-refractivity contribution in [3.05, 3.63) is 24.3 Å². The SMILES string of the molecule is CNS(=O)(=O)c1ccccc1OCC1(N)CCCCC1. The minimum absolute atomic E-state index is 0.155. The van der Waals surface area contributed by atoms with Crippen molar-refractivity contribution in [3.8, 4) is 5.75 Å². The minimum Gasteiger partial charge on any atom is -0.490 e. The number of sulfonamides is 1. The lowest BCUT2D eigenvalue weighted by atomic mass is 9.83. The second-order valence-electron chi connectivity index (χ2n) is 5.37. The summed E-state index contributed by atoms with van der Waals surface area (Å²) in [5.41, 5.74) is 5.97. The Hall–Kier alpha value is -1.11. The van der Waals surface area contributed by atoms with Crippen molar-refractivity contribution in [1.82, 2.24) is 4.72 Å². The number of hydrogen-bond acceptors (Lipinski definition) is 4. The van der Waals surface area contributed by atoms with Crippen molar-refractivity contribution in [1.29, 1.82) is 0 Å². The number of benzene rings is 1. The fourth-order valence-electron chi connectivity index (χ4n) is 2.52. The molecule has 1 saturated carbocycles. The molecule has 0 unspecified atom stereocenters. The Kier molecular flexibility index (Phi) is 4.67. The highest BCUT2D eigenvalue weighted by Crippen LogP contribution is 2.29. The molecule has 0 saturated heterocycles. The average Bonchev–Trinajstić information content (AvgIpc) is 2.46. The highest BCUT2D eigenvalue weighted by Gasteiger charge is 2.29. The molecule has 1 aliphatic rings. The lowest BCUT2D eigenvalue weighted by Gasteiger charge is -2.33. The minimum atomic E-state index is -3.52. The van der Waals surface area contributed by atoms with Crippen LogP contribution in [0.4, 0.5) is 0 Å². The first-order valence-corrected chi connectivity index (χ1v) is 8.39. The maximum atomic E-state index is 11.9. The summed E-state index contributed by atoms with van der Waals surface area (Å²) in [5.74, 6) is 0.359. The molecule has 0 bridgehead atoms. The molecule has 0 aromatic heterocycles. The number of hydrogen-bond donors (Lipinski definition) is 2. The zero-order chi connectivity index (χ0) is 14.6. The molecule has 0 aliphatic heterocycles. The summed E-state index contributed by atoms with van der Waals surface area (Å²) in [5, 5.41) is 0. The van der Waals surface area contributed by atoms with Crippen LogP contribution in [0.2, 0.25) is 0 Å². The monoisotopic (exact) mass is 298 g/mol.